The number of aliphatic hydroxyl groups is 2. The summed E-state index contributed by atoms with van der Waals surface area (Å²) in [5.41, 5.74) is 0. The first kappa shape index (κ1) is 75.2. The van der Waals surface area contributed by atoms with Crippen molar-refractivity contribution in [1.29, 1.82) is 0 Å². The number of aliphatic carboxylic acids is 1. The SMILES string of the molecule is CC/C=C\C/C=C\C/C=C\C/C=C\CCCCCCCCC(=O)OCC(COC1OC(C(=O)O)C(O)C(O)C1OC(=O)CCCCCCCCCCCCCCCCC)OC(=O)CCCCCCCCC/C=C\C/C=C\CCCCC. The zero-order valence-electron chi connectivity index (χ0n) is 51.5. The molecule has 0 aromatic rings. The minimum absolute atomic E-state index is 0.0602. The monoisotopic (exact) mass is 1140 g/mol. The summed E-state index contributed by atoms with van der Waals surface area (Å²) in [7, 11) is 0. The molecule has 0 aliphatic carbocycles. The highest BCUT2D eigenvalue weighted by molar-refractivity contribution is 5.74. The topological polar surface area (TPSA) is 175 Å². The van der Waals surface area contributed by atoms with Crippen molar-refractivity contribution in [2.45, 2.75) is 327 Å². The number of unbranched alkanes of at least 4 members (excludes halogenated alkanes) is 30. The molecule has 1 aliphatic rings. The maximum absolute atomic E-state index is 13.2. The lowest BCUT2D eigenvalue weighted by atomic mass is 9.98. The standard InChI is InChI=1S/C69H118O12/c1-4-7-10-13-16-19-22-25-28-30-31-33-35-37-40-43-46-49-52-55-61(70)77-58-60(79-62(71)56-53-50-47-44-41-39-36-32-29-26-23-20-17-14-11-8-5-2)59-78-69-67(65(74)64(73)66(81-69)68(75)76)80-63(72)57-54-51-48-45-42-38-34-27-24-21-18-15-12-9-6-3/h7,10,16-17,19-20,25-26,28-29,31,33,60,64-67,69,73-74H,4-6,8-9,11-15,18,21-24,27,30,32,34-59H2,1-3H3,(H,75,76)/b10-7-,19-16-,20-17-,28-25-,29-26-,33-31-. The minimum atomic E-state index is -1.91. The number of hydrogen-bond donors (Lipinski definition) is 3. The molecule has 0 radical (unpaired) electrons. The van der Waals surface area contributed by atoms with E-state index in [1.54, 1.807) is 0 Å². The Morgan fingerprint density at radius 2 is 0.778 bits per heavy atom. The van der Waals surface area contributed by atoms with E-state index in [4.69, 9.17) is 23.7 Å². The van der Waals surface area contributed by atoms with Gasteiger partial charge in [-0.25, -0.2) is 4.79 Å². The van der Waals surface area contributed by atoms with Gasteiger partial charge in [0.05, 0.1) is 6.61 Å². The zero-order valence-corrected chi connectivity index (χ0v) is 51.5. The lowest BCUT2D eigenvalue weighted by molar-refractivity contribution is -0.301. The summed E-state index contributed by atoms with van der Waals surface area (Å²) in [5.74, 6) is -3.13. The fraction of sp³-hybridized carbons (Fsp3) is 0.768. The fourth-order valence-corrected chi connectivity index (χ4v) is 9.74. The highest BCUT2D eigenvalue weighted by Crippen LogP contribution is 2.27. The van der Waals surface area contributed by atoms with Crippen LogP contribution in [0.1, 0.15) is 290 Å². The molecule has 1 saturated heterocycles. The normalized spacial score (nSPS) is 18.2. The minimum Gasteiger partial charge on any atom is -0.479 e. The largest absolute Gasteiger partial charge is 0.479 e. The van der Waals surface area contributed by atoms with Crippen LogP contribution in [0, 0.1) is 0 Å². The molecule has 0 aromatic heterocycles. The van der Waals surface area contributed by atoms with E-state index in [9.17, 15) is 34.5 Å². The predicted molar refractivity (Wildman–Crippen MR) is 331 cm³/mol. The first-order chi connectivity index (χ1) is 39.6. The maximum Gasteiger partial charge on any atom is 0.335 e. The maximum atomic E-state index is 13.2. The second kappa shape index (κ2) is 56.6. The van der Waals surface area contributed by atoms with Gasteiger partial charge in [-0.2, -0.15) is 0 Å². The number of aliphatic hydroxyl groups excluding tert-OH is 2. The number of hydrogen-bond acceptors (Lipinski definition) is 11. The molecular formula is C69H118O12. The first-order valence-electron chi connectivity index (χ1n) is 32.9. The Morgan fingerprint density at radius 1 is 0.420 bits per heavy atom. The van der Waals surface area contributed by atoms with Gasteiger partial charge in [-0.15, -0.1) is 0 Å². The molecule has 0 spiro atoms. The first-order valence-corrected chi connectivity index (χ1v) is 32.9. The van der Waals surface area contributed by atoms with Crippen LogP contribution in [0.3, 0.4) is 0 Å². The summed E-state index contributed by atoms with van der Waals surface area (Å²) >= 11 is 0. The Kier molecular flexibility index (Phi) is 52.6. The summed E-state index contributed by atoms with van der Waals surface area (Å²) in [6.45, 7) is 5.87. The van der Waals surface area contributed by atoms with Crippen LogP contribution in [-0.4, -0.2) is 89.2 Å². The van der Waals surface area contributed by atoms with E-state index in [-0.39, 0.29) is 25.9 Å². The number of carbonyl (C=O) groups excluding carboxylic acids is 3. The van der Waals surface area contributed by atoms with Gasteiger partial charge in [-0.3, -0.25) is 14.4 Å². The molecule has 1 fully saturated rings. The second-order valence-electron chi connectivity index (χ2n) is 22.4. The highest BCUT2D eigenvalue weighted by atomic mass is 16.7. The molecule has 3 N–H and O–H groups in total. The Hall–Kier alpha value is -3.84. The van der Waals surface area contributed by atoms with Gasteiger partial charge in [0.25, 0.3) is 0 Å². The third-order valence-electron chi connectivity index (χ3n) is 14.8. The van der Waals surface area contributed by atoms with E-state index >= 15 is 0 Å². The number of ether oxygens (including phenoxy) is 5. The number of allylic oxidation sites excluding steroid dienone is 12. The lowest BCUT2D eigenvalue weighted by Crippen LogP contribution is -2.61. The van der Waals surface area contributed by atoms with Crippen LogP contribution >= 0.6 is 0 Å². The molecule has 1 rings (SSSR count). The summed E-state index contributed by atoms with van der Waals surface area (Å²) < 4.78 is 28.5. The highest BCUT2D eigenvalue weighted by Gasteiger charge is 2.50. The Labute approximate surface area is 493 Å². The van der Waals surface area contributed by atoms with E-state index in [1.165, 1.54) is 96.3 Å². The van der Waals surface area contributed by atoms with E-state index in [0.29, 0.717) is 19.3 Å². The van der Waals surface area contributed by atoms with Crippen LogP contribution in [0.4, 0.5) is 0 Å². The van der Waals surface area contributed by atoms with Crippen LogP contribution < -0.4 is 0 Å². The van der Waals surface area contributed by atoms with Crippen LogP contribution in [0.2, 0.25) is 0 Å². The van der Waals surface area contributed by atoms with Gasteiger partial charge >= 0.3 is 23.9 Å². The second-order valence-corrected chi connectivity index (χ2v) is 22.4. The molecule has 12 heteroatoms. The van der Waals surface area contributed by atoms with E-state index in [2.05, 4.69) is 93.7 Å². The quantitative estimate of drug-likeness (QED) is 0.0228. The van der Waals surface area contributed by atoms with Crippen molar-refractivity contribution in [3.05, 3.63) is 72.9 Å². The van der Waals surface area contributed by atoms with Gasteiger partial charge in [0.2, 0.25) is 0 Å². The van der Waals surface area contributed by atoms with Crippen molar-refractivity contribution in [3.8, 4) is 0 Å². The third-order valence-corrected chi connectivity index (χ3v) is 14.8. The molecule has 466 valence electrons. The fourth-order valence-electron chi connectivity index (χ4n) is 9.74. The average molecular weight is 1140 g/mol. The van der Waals surface area contributed by atoms with Gasteiger partial charge < -0.3 is 39.0 Å². The molecule has 81 heavy (non-hydrogen) atoms. The van der Waals surface area contributed by atoms with Crippen LogP contribution in [0.15, 0.2) is 72.9 Å². The van der Waals surface area contributed by atoms with Crippen LogP contribution in [0.25, 0.3) is 0 Å². The van der Waals surface area contributed by atoms with Gasteiger partial charge in [0, 0.05) is 19.3 Å². The molecule has 1 aliphatic heterocycles. The third kappa shape index (κ3) is 46.3. The van der Waals surface area contributed by atoms with Crippen LogP contribution in [0.5, 0.6) is 0 Å². The van der Waals surface area contributed by atoms with Crippen molar-refractivity contribution in [2.75, 3.05) is 13.2 Å². The lowest BCUT2D eigenvalue weighted by Gasteiger charge is -2.40. The van der Waals surface area contributed by atoms with Gasteiger partial charge in [-0.1, -0.05) is 254 Å². The molecule has 0 bridgehead atoms. The smallest absolute Gasteiger partial charge is 0.335 e. The predicted octanol–water partition coefficient (Wildman–Crippen LogP) is 17.7. The Balaban J connectivity index is 2.67. The molecule has 0 aromatic carbocycles. The number of rotatable bonds is 56. The molecular weight excluding hydrogens is 1020 g/mol. The number of carboxylic acids is 1. The molecule has 0 saturated carbocycles. The Morgan fingerprint density at radius 3 is 1.21 bits per heavy atom. The summed E-state index contributed by atoms with van der Waals surface area (Å²) in [5, 5.41) is 31.6. The summed E-state index contributed by atoms with van der Waals surface area (Å²) in [6, 6.07) is 0. The summed E-state index contributed by atoms with van der Waals surface area (Å²) in [4.78, 5) is 51.4. The van der Waals surface area contributed by atoms with Crippen LogP contribution in [-0.2, 0) is 42.9 Å². The average Bonchev–Trinajstić information content (AvgIpc) is 3.53. The summed E-state index contributed by atoms with van der Waals surface area (Å²) in [6.07, 6.45) is 59.9. The van der Waals surface area contributed by atoms with Crippen molar-refractivity contribution >= 4 is 23.9 Å². The van der Waals surface area contributed by atoms with E-state index < -0.39 is 67.3 Å². The van der Waals surface area contributed by atoms with Crippen molar-refractivity contribution in [2.24, 2.45) is 0 Å². The molecule has 12 nitrogen and oxygen atoms in total. The van der Waals surface area contributed by atoms with Gasteiger partial charge in [0.15, 0.2) is 24.6 Å². The van der Waals surface area contributed by atoms with Gasteiger partial charge in [0.1, 0.15) is 18.8 Å². The molecule has 6 atom stereocenters. The van der Waals surface area contributed by atoms with Crippen molar-refractivity contribution in [1.82, 2.24) is 0 Å². The van der Waals surface area contributed by atoms with E-state index in [0.717, 1.165) is 135 Å². The number of carbonyl (C=O) groups is 4. The van der Waals surface area contributed by atoms with Gasteiger partial charge in [-0.05, 0) is 89.9 Å². The molecule has 6 unspecified atom stereocenters. The number of carboxylic acid groups (broad SMARTS) is 1. The molecule has 0 amide bonds. The molecule has 1 heterocycles. The van der Waals surface area contributed by atoms with E-state index in [1.807, 2.05) is 0 Å². The van der Waals surface area contributed by atoms with Crippen molar-refractivity contribution in [3.63, 3.8) is 0 Å². The number of esters is 3. The zero-order chi connectivity index (χ0) is 58.9. The van der Waals surface area contributed by atoms with Crippen molar-refractivity contribution < 1.29 is 58.2 Å². The Bertz CT molecular complexity index is 1680.